The lowest BCUT2D eigenvalue weighted by Crippen LogP contribution is -2.39. The lowest BCUT2D eigenvalue weighted by molar-refractivity contribution is -0.162. The van der Waals surface area contributed by atoms with Gasteiger partial charge >= 0.3 is 6.18 Å². The van der Waals surface area contributed by atoms with Gasteiger partial charge < -0.3 is 9.42 Å². The van der Waals surface area contributed by atoms with E-state index in [0.29, 0.717) is 24.6 Å². The molecule has 0 spiro atoms. The van der Waals surface area contributed by atoms with E-state index in [1.807, 2.05) is 32.2 Å². The monoisotopic (exact) mass is 407 g/mol. The Labute approximate surface area is 164 Å². The van der Waals surface area contributed by atoms with Crippen molar-refractivity contribution in [3.63, 3.8) is 0 Å². The Morgan fingerprint density at radius 1 is 1.28 bits per heavy atom. The van der Waals surface area contributed by atoms with Crippen LogP contribution < -0.4 is 0 Å². The maximum Gasteiger partial charge on any atom is 0.397 e. The molecule has 29 heavy (non-hydrogen) atoms. The Bertz CT molecular complexity index is 1050. The molecule has 0 atom stereocenters. The summed E-state index contributed by atoms with van der Waals surface area (Å²) in [4.78, 5) is 17.5. The molecule has 1 amide bonds. The Balaban J connectivity index is 1.45. The first-order valence-corrected chi connectivity index (χ1v) is 9.33. The molecule has 0 aliphatic carbocycles. The number of benzene rings is 1. The summed E-state index contributed by atoms with van der Waals surface area (Å²) in [5.41, 5.74) is 2.70. The van der Waals surface area contributed by atoms with Crippen LogP contribution in [0.25, 0.3) is 22.3 Å². The predicted molar refractivity (Wildman–Crippen MR) is 98.0 cm³/mol. The zero-order valence-corrected chi connectivity index (χ0v) is 16.0. The van der Waals surface area contributed by atoms with Gasteiger partial charge in [-0.1, -0.05) is 17.3 Å². The van der Waals surface area contributed by atoms with Gasteiger partial charge in [-0.25, -0.2) is 0 Å². The van der Waals surface area contributed by atoms with Gasteiger partial charge in [-0.15, -0.1) is 0 Å². The number of carbonyl (C=O) groups is 1. The van der Waals surface area contributed by atoms with Crippen molar-refractivity contribution in [3.05, 3.63) is 29.8 Å². The molecule has 4 rings (SSSR count). The van der Waals surface area contributed by atoms with Crippen LogP contribution in [0, 0.1) is 6.92 Å². The predicted octanol–water partition coefficient (Wildman–Crippen LogP) is 3.59. The molecule has 0 unspecified atom stereocenters. The first-order chi connectivity index (χ1) is 13.7. The standard InChI is InChI=1S/C19H20F3N5O2/c1-11-14-4-3-13(9-15(14)26(2)24-11)17-23-18(29-25-17)12-5-7-27(8-6-12)16(28)10-19(20,21)22/h3-4,9,12H,5-8,10H2,1-2H3. The van der Waals surface area contributed by atoms with Gasteiger partial charge in [0.1, 0.15) is 6.42 Å². The third kappa shape index (κ3) is 3.96. The number of halogens is 3. The van der Waals surface area contributed by atoms with Crippen molar-refractivity contribution in [2.75, 3.05) is 13.1 Å². The average molecular weight is 407 g/mol. The maximum absolute atomic E-state index is 12.4. The van der Waals surface area contributed by atoms with Crippen molar-refractivity contribution in [1.82, 2.24) is 24.8 Å². The van der Waals surface area contributed by atoms with Crippen LogP contribution in [0.3, 0.4) is 0 Å². The fourth-order valence-corrected chi connectivity index (χ4v) is 3.75. The van der Waals surface area contributed by atoms with Gasteiger partial charge in [0.15, 0.2) is 0 Å². The number of likely N-dealkylation sites (tertiary alicyclic amines) is 1. The molecule has 3 aromatic rings. The highest BCUT2D eigenvalue weighted by atomic mass is 19.4. The van der Waals surface area contributed by atoms with Crippen LogP contribution in [0.1, 0.15) is 36.8 Å². The zero-order chi connectivity index (χ0) is 20.8. The molecule has 7 nitrogen and oxygen atoms in total. The molecule has 1 fully saturated rings. The van der Waals surface area contributed by atoms with E-state index in [2.05, 4.69) is 15.2 Å². The van der Waals surface area contributed by atoms with E-state index in [0.717, 1.165) is 22.2 Å². The van der Waals surface area contributed by atoms with E-state index in [9.17, 15) is 18.0 Å². The van der Waals surface area contributed by atoms with E-state index >= 15 is 0 Å². The van der Waals surface area contributed by atoms with E-state index in [1.54, 1.807) is 4.68 Å². The molecule has 1 aliphatic heterocycles. The third-order valence-electron chi connectivity index (χ3n) is 5.28. The van der Waals surface area contributed by atoms with Crippen molar-refractivity contribution < 1.29 is 22.5 Å². The second-order valence-electron chi connectivity index (χ2n) is 7.34. The van der Waals surface area contributed by atoms with Gasteiger partial charge in [-0.3, -0.25) is 9.48 Å². The van der Waals surface area contributed by atoms with E-state index in [4.69, 9.17) is 4.52 Å². The number of amides is 1. The Hall–Kier alpha value is -2.91. The summed E-state index contributed by atoms with van der Waals surface area (Å²) in [5, 5.41) is 9.51. The molecule has 154 valence electrons. The van der Waals surface area contributed by atoms with Crippen LogP contribution in [0.15, 0.2) is 22.7 Å². The minimum atomic E-state index is -4.48. The van der Waals surface area contributed by atoms with Crippen LogP contribution in [0.5, 0.6) is 0 Å². The minimum absolute atomic E-state index is 0.0751. The largest absolute Gasteiger partial charge is 0.397 e. The van der Waals surface area contributed by atoms with Gasteiger partial charge in [-0.2, -0.15) is 23.3 Å². The summed E-state index contributed by atoms with van der Waals surface area (Å²) in [7, 11) is 1.87. The highest BCUT2D eigenvalue weighted by Gasteiger charge is 2.35. The summed E-state index contributed by atoms with van der Waals surface area (Å²) >= 11 is 0. The van der Waals surface area contributed by atoms with Gasteiger partial charge in [0.05, 0.1) is 11.2 Å². The van der Waals surface area contributed by atoms with Crippen molar-refractivity contribution in [3.8, 4) is 11.4 Å². The molecule has 3 heterocycles. The van der Waals surface area contributed by atoms with E-state index in [-0.39, 0.29) is 19.0 Å². The number of carbonyl (C=O) groups excluding carboxylic acids is 1. The number of alkyl halides is 3. The fraction of sp³-hybridized carbons (Fsp3) is 0.474. The number of rotatable bonds is 3. The second kappa shape index (κ2) is 7.16. The summed E-state index contributed by atoms with van der Waals surface area (Å²) in [5.74, 6) is -0.0589. The number of hydrogen-bond acceptors (Lipinski definition) is 5. The van der Waals surface area contributed by atoms with E-state index in [1.165, 1.54) is 4.90 Å². The smallest absolute Gasteiger partial charge is 0.342 e. The van der Waals surface area contributed by atoms with Crippen LogP contribution in [-0.2, 0) is 11.8 Å². The molecule has 0 N–H and O–H groups in total. The molecule has 1 saturated heterocycles. The highest BCUT2D eigenvalue weighted by Crippen LogP contribution is 2.31. The summed E-state index contributed by atoms with van der Waals surface area (Å²) in [6, 6.07) is 5.82. The molecule has 0 bridgehead atoms. The quantitative estimate of drug-likeness (QED) is 0.663. The number of aryl methyl sites for hydroxylation is 2. The van der Waals surface area contributed by atoms with Crippen LogP contribution in [0.2, 0.25) is 0 Å². The molecular weight excluding hydrogens is 387 g/mol. The number of nitrogens with zero attached hydrogens (tertiary/aromatic N) is 5. The normalized spacial score (nSPS) is 16.0. The second-order valence-corrected chi connectivity index (χ2v) is 7.34. The van der Waals surface area contributed by atoms with Crippen LogP contribution in [-0.4, -0.2) is 50.0 Å². The Kier molecular flexibility index (Phi) is 4.79. The number of piperidine rings is 1. The highest BCUT2D eigenvalue weighted by molar-refractivity contribution is 5.85. The van der Waals surface area contributed by atoms with Crippen LogP contribution >= 0.6 is 0 Å². The molecule has 1 aliphatic rings. The molecule has 0 radical (unpaired) electrons. The van der Waals surface area contributed by atoms with Gasteiger partial charge in [0.25, 0.3) is 0 Å². The van der Waals surface area contributed by atoms with Crippen molar-refractivity contribution in [2.24, 2.45) is 7.05 Å². The SMILES string of the molecule is Cc1nn(C)c2cc(-c3noc(C4CCN(C(=O)CC(F)(F)F)CC4)n3)ccc12. The third-order valence-corrected chi connectivity index (χ3v) is 5.28. The van der Waals surface area contributed by atoms with Crippen molar-refractivity contribution >= 4 is 16.8 Å². The van der Waals surface area contributed by atoms with E-state index < -0.39 is 18.5 Å². The molecular formula is C19H20F3N5O2. The minimum Gasteiger partial charge on any atom is -0.342 e. The molecule has 2 aromatic heterocycles. The van der Waals surface area contributed by atoms with Crippen LogP contribution in [0.4, 0.5) is 13.2 Å². The molecule has 0 saturated carbocycles. The summed E-state index contributed by atoms with van der Waals surface area (Å²) < 4.78 is 44.4. The summed E-state index contributed by atoms with van der Waals surface area (Å²) in [6.45, 7) is 2.44. The van der Waals surface area contributed by atoms with Crippen molar-refractivity contribution in [1.29, 1.82) is 0 Å². The average Bonchev–Trinajstić information content (AvgIpc) is 3.26. The number of fused-ring (bicyclic) bond motifs is 1. The zero-order valence-electron chi connectivity index (χ0n) is 16.0. The number of aromatic nitrogens is 4. The first-order valence-electron chi connectivity index (χ1n) is 9.33. The lowest BCUT2D eigenvalue weighted by atomic mass is 9.96. The first kappa shape index (κ1) is 19.4. The lowest BCUT2D eigenvalue weighted by Gasteiger charge is -2.30. The Morgan fingerprint density at radius 3 is 2.69 bits per heavy atom. The molecule has 1 aromatic carbocycles. The van der Waals surface area contributed by atoms with Gasteiger partial charge in [0.2, 0.25) is 17.6 Å². The van der Waals surface area contributed by atoms with Gasteiger partial charge in [-0.05, 0) is 25.8 Å². The van der Waals surface area contributed by atoms with Gasteiger partial charge in [0, 0.05) is 37.0 Å². The number of hydrogen-bond donors (Lipinski definition) is 0. The maximum atomic E-state index is 12.4. The molecule has 10 heteroatoms. The van der Waals surface area contributed by atoms with Crippen molar-refractivity contribution in [2.45, 2.75) is 38.3 Å². The topological polar surface area (TPSA) is 77.0 Å². The summed E-state index contributed by atoms with van der Waals surface area (Å²) in [6.07, 6.45) is -4.92. The Morgan fingerprint density at radius 2 is 2.00 bits per heavy atom. The fourth-order valence-electron chi connectivity index (χ4n) is 3.75.